The molecule has 0 saturated carbocycles. The van der Waals surface area contributed by atoms with Gasteiger partial charge in [-0.1, -0.05) is 51.1 Å². The monoisotopic (exact) mass is 448 g/mol. The first-order chi connectivity index (χ1) is 15.7. The summed E-state index contributed by atoms with van der Waals surface area (Å²) in [6.07, 6.45) is 1.42. The molecule has 7 heteroatoms. The SMILES string of the molecule is COc1cc2c(cc1OCc1ccccc1)CN(CC(C)(C)C)n1cc(C(=O)O)c(=O)cc1-2. The molecule has 33 heavy (non-hydrogen) atoms. The van der Waals surface area contributed by atoms with E-state index in [1.165, 1.54) is 12.3 Å². The number of nitrogens with zero attached hydrogens (tertiary/aromatic N) is 2. The van der Waals surface area contributed by atoms with Crippen molar-refractivity contribution in [2.24, 2.45) is 5.41 Å². The molecule has 0 saturated heterocycles. The molecule has 4 rings (SSSR count). The van der Waals surface area contributed by atoms with E-state index in [0.29, 0.717) is 36.9 Å². The predicted octanol–water partition coefficient (Wildman–Crippen LogP) is 4.30. The van der Waals surface area contributed by atoms with Crippen molar-refractivity contribution < 1.29 is 19.4 Å². The van der Waals surface area contributed by atoms with Crippen molar-refractivity contribution in [3.8, 4) is 22.8 Å². The summed E-state index contributed by atoms with van der Waals surface area (Å²) in [4.78, 5) is 24.2. The summed E-state index contributed by atoms with van der Waals surface area (Å²) in [5, 5.41) is 11.5. The van der Waals surface area contributed by atoms with Gasteiger partial charge in [-0.25, -0.2) is 4.79 Å². The molecule has 0 spiro atoms. The number of pyridine rings is 1. The van der Waals surface area contributed by atoms with Crippen LogP contribution >= 0.6 is 0 Å². The number of carboxylic acids is 1. The molecule has 172 valence electrons. The van der Waals surface area contributed by atoms with E-state index in [1.807, 2.05) is 42.5 Å². The first-order valence-corrected chi connectivity index (χ1v) is 10.8. The maximum Gasteiger partial charge on any atom is 0.341 e. The first kappa shape index (κ1) is 22.5. The van der Waals surface area contributed by atoms with Crippen LogP contribution in [0.2, 0.25) is 0 Å². The number of hydrogen-bond acceptors (Lipinski definition) is 5. The number of benzene rings is 2. The Labute approximate surface area is 192 Å². The van der Waals surface area contributed by atoms with E-state index in [4.69, 9.17) is 9.47 Å². The molecular weight excluding hydrogens is 420 g/mol. The highest BCUT2D eigenvalue weighted by Gasteiger charge is 2.28. The Morgan fingerprint density at radius 3 is 2.45 bits per heavy atom. The fourth-order valence-electron chi connectivity index (χ4n) is 4.05. The lowest BCUT2D eigenvalue weighted by atomic mass is 9.94. The summed E-state index contributed by atoms with van der Waals surface area (Å²) >= 11 is 0. The summed E-state index contributed by atoms with van der Waals surface area (Å²) in [5.74, 6) is -0.0666. The van der Waals surface area contributed by atoms with Crippen LogP contribution in [0.25, 0.3) is 11.3 Å². The molecule has 0 unspecified atom stereocenters. The standard InChI is InChI=1S/C26H28N2O5/c1-26(2,3)16-27-13-18-10-24(33-15-17-8-6-5-7-9-17)23(32-4)11-19(18)21-12-22(29)20(25(30)31)14-28(21)27/h5-12,14H,13,15-16H2,1-4H3,(H,30,31). The fourth-order valence-corrected chi connectivity index (χ4v) is 4.05. The number of fused-ring (bicyclic) bond motifs is 3. The first-order valence-electron chi connectivity index (χ1n) is 10.8. The van der Waals surface area contributed by atoms with Crippen LogP contribution in [0.3, 0.4) is 0 Å². The Kier molecular flexibility index (Phi) is 5.89. The van der Waals surface area contributed by atoms with E-state index >= 15 is 0 Å². The van der Waals surface area contributed by atoms with Gasteiger partial charge in [0.05, 0.1) is 19.3 Å². The lowest BCUT2D eigenvalue weighted by molar-refractivity contribution is 0.0694. The largest absolute Gasteiger partial charge is 0.493 e. The molecule has 0 radical (unpaired) electrons. The van der Waals surface area contributed by atoms with Crippen LogP contribution in [0.5, 0.6) is 11.5 Å². The van der Waals surface area contributed by atoms with E-state index in [2.05, 4.69) is 25.8 Å². The van der Waals surface area contributed by atoms with Gasteiger partial charge in [-0.3, -0.25) is 9.47 Å². The highest BCUT2D eigenvalue weighted by molar-refractivity contribution is 5.88. The summed E-state index contributed by atoms with van der Waals surface area (Å²) in [6.45, 7) is 7.95. The van der Waals surface area contributed by atoms with Gasteiger partial charge in [0.25, 0.3) is 0 Å². The fraction of sp³-hybridized carbons (Fsp3) is 0.308. The molecule has 0 aliphatic carbocycles. The number of aromatic nitrogens is 1. The van der Waals surface area contributed by atoms with Gasteiger partial charge in [0.1, 0.15) is 12.2 Å². The van der Waals surface area contributed by atoms with Crippen LogP contribution < -0.4 is 19.9 Å². The molecular formula is C26H28N2O5. The maximum atomic E-state index is 12.5. The quantitative estimate of drug-likeness (QED) is 0.606. The Hall–Kier alpha value is -3.74. The molecule has 1 N–H and O–H groups in total. The van der Waals surface area contributed by atoms with Crippen LogP contribution in [0, 0.1) is 5.41 Å². The van der Waals surface area contributed by atoms with Gasteiger partial charge < -0.3 is 19.6 Å². The third-order valence-electron chi connectivity index (χ3n) is 5.48. The summed E-state index contributed by atoms with van der Waals surface area (Å²) in [6, 6.07) is 15.1. The van der Waals surface area contributed by atoms with Crippen molar-refractivity contribution in [2.45, 2.75) is 33.9 Å². The molecule has 3 aromatic rings. The minimum atomic E-state index is -1.24. The Morgan fingerprint density at radius 2 is 1.82 bits per heavy atom. The van der Waals surface area contributed by atoms with Crippen molar-refractivity contribution in [2.75, 3.05) is 18.7 Å². The van der Waals surface area contributed by atoms with E-state index < -0.39 is 11.4 Å². The second kappa shape index (κ2) is 8.65. The number of methoxy groups -OCH3 is 1. The average molecular weight is 449 g/mol. The number of aromatic carboxylic acids is 1. The van der Waals surface area contributed by atoms with Gasteiger partial charge in [0, 0.05) is 24.4 Å². The Bertz CT molecular complexity index is 1240. The molecule has 0 amide bonds. The molecule has 0 fully saturated rings. The van der Waals surface area contributed by atoms with E-state index in [0.717, 1.165) is 16.7 Å². The lowest BCUT2D eigenvalue weighted by Gasteiger charge is -2.39. The molecule has 1 aliphatic heterocycles. The highest BCUT2D eigenvalue weighted by atomic mass is 16.5. The molecule has 1 aromatic heterocycles. The summed E-state index contributed by atoms with van der Waals surface area (Å²) < 4.78 is 13.5. The summed E-state index contributed by atoms with van der Waals surface area (Å²) in [7, 11) is 1.58. The van der Waals surface area contributed by atoms with Gasteiger partial charge in [-0.15, -0.1) is 0 Å². The molecule has 0 atom stereocenters. The smallest absolute Gasteiger partial charge is 0.341 e. The molecule has 2 heterocycles. The summed E-state index contributed by atoms with van der Waals surface area (Å²) in [5.41, 5.74) is 2.63. The van der Waals surface area contributed by atoms with Crippen LogP contribution in [-0.4, -0.2) is 29.4 Å². The van der Waals surface area contributed by atoms with Gasteiger partial charge in [-0.05, 0) is 28.7 Å². The van der Waals surface area contributed by atoms with E-state index in [9.17, 15) is 14.7 Å². The minimum Gasteiger partial charge on any atom is -0.493 e. The van der Waals surface area contributed by atoms with Crippen molar-refractivity contribution >= 4 is 5.97 Å². The number of carbonyl (C=O) groups is 1. The topological polar surface area (TPSA) is 81.0 Å². The Balaban J connectivity index is 1.80. The van der Waals surface area contributed by atoms with Crippen LogP contribution in [-0.2, 0) is 13.2 Å². The second-order valence-corrected chi connectivity index (χ2v) is 9.40. The van der Waals surface area contributed by atoms with Gasteiger partial charge in [0.15, 0.2) is 16.9 Å². The third kappa shape index (κ3) is 4.72. The molecule has 1 aliphatic rings. The second-order valence-electron chi connectivity index (χ2n) is 9.40. The van der Waals surface area contributed by atoms with Crippen LogP contribution in [0.4, 0.5) is 0 Å². The number of ether oxygens (including phenoxy) is 2. The minimum absolute atomic E-state index is 0.0552. The van der Waals surface area contributed by atoms with Gasteiger partial charge >= 0.3 is 5.97 Å². The maximum absolute atomic E-state index is 12.5. The lowest BCUT2D eigenvalue weighted by Crippen LogP contribution is -2.44. The zero-order valence-corrected chi connectivity index (χ0v) is 19.3. The van der Waals surface area contributed by atoms with Crippen LogP contribution in [0.15, 0.2) is 59.5 Å². The van der Waals surface area contributed by atoms with Gasteiger partial charge in [0.2, 0.25) is 0 Å². The number of carboxylic acid groups (broad SMARTS) is 1. The van der Waals surface area contributed by atoms with Crippen LogP contribution in [0.1, 0.15) is 42.3 Å². The van der Waals surface area contributed by atoms with Gasteiger partial charge in [-0.2, -0.15) is 0 Å². The third-order valence-corrected chi connectivity index (χ3v) is 5.48. The predicted molar refractivity (Wildman–Crippen MR) is 127 cm³/mol. The zero-order chi connectivity index (χ0) is 23.8. The molecule has 2 aromatic carbocycles. The van der Waals surface area contributed by atoms with Crippen molar-refractivity contribution in [3.05, 3.63) is 81.6 Å². The normalized spacial score (nSPS) is 12.7. The van der Waals surface area contributed by atoms with Crippen molar-refractivity contribution in [1.82, 2.24) is 4.68 Å². The van der Waals surface area contributed by atoms with E-state index in [-0.39, 0.29) is 11.0 Å². The highest BCUT2D eigenvalue weighted by Crippen LogP contribution is 2.39. The molecule has 7 nitrogen and oxygen atoms in total. The Morgan fingerprint density at radius 1 is 1.09 bits per heavy atom. The molecule has 0 bridgehead atoms. The zero-order valence-electron chi connectivity index (χ0n) is 19.3. The average Bonchev–Trinajstić information content (AvgIpc) is 2.76. The van der Waals surface area contributed by atoms with Crippen molar-refractivity contribution in [3.63, 3.8) is 0 Å². The number of hydrogen-bond donors (Lipinski definition) is 1. The van der Waals surface area contributed by atoms with Crippen molar-refractivity contribution in [1.29, 1.82) is 0 Å². The number of rotatable bonds is 6. The van der Waals surface area contributed by atoms with E-state index in [1.54, 1.807) is 11.8 Å².